The number of hydrogen-bond acceptors (Lipinski definition) is 2. The molecule has 0 radical (unpaired) electrons. The number of benzene rings is 2. The third-order valence-corrected chi connectivity index (χ3v) is 3.80. The summed E-state index contributed by atoms with van der Waals surface area (Å²) in [6.45, 7) is 3.49. The lowest BCUT2D eigenvalue weighted by Crippen LogP contribution is -2.38. The molecular formula is C19H24N4O. The first-order valence-electron chi connectivity index (χ1n) is 7.85. The Kier molecular flexibility index (Phi) is 5.95. The molecule has 0 bridgehead atoms. The molecule has 2 rings (SSSR count). The molecule has 0 aromatic heterocycles. The van der Waals surface area contributed by atoms with Gasteiger partial charge in [-0.15, -0.1) is 0 Å². The van der Waals surface area contributed by atoms with Crippen LogP contribution in [0.15, 0.2) is 53.5 Å². The zero-order valence-corrected chi connectivity index (χ0v) is 14.4. The van der Waals surface area contributed by atoms with E-state index in [1.54, 1.807) is 19.2 Å². The van der Waals surface area contributed by atoms with Crippen molar-refractivity contribution in [1.29, 1.82) is 0 Å². The summed E-state index contributed by atoms with van der Waals surface area (Å²) in [6, 6.07) is 15.7. The fourth-order valence-electron chi connectivity index (χ4n) is 2.39. The summed E-state index contributed by atoms with van der Waals surface area (Å²) in [5.74, 6) is 0.401. The van der Waals surface area contributed by atoms with Gasteiger partial charge in [-0.3, -0.25) is 9.79 Å². The molecule has 0 saturated carbocycles. The van der Waals surface area contributed by atoms with Gasteiger partial charge in [-0.1, -0.05) is 42.0 Å². The third-order valence-electron chi connectivity index (χ3n) is 3.80. The Bertz CT molecular complexity index is 705. The number of hydrogen-bond donors (Lipinski definition) is 2. The Morgan fingerprint density at radius 1 is 1.08 bits per heavy atom. The van der Waals surface area contributed by atoms with Gasteiger partial charge in [-0.05, 0) is 30.2 Å². The van der Waals surface area contributed by atoms with Crippen LogP contribution in [0, 0.1) is 6.92 Å². The maximum atomic E-state index is 11.1. The Labute approximate surface area is 143 Å². The highest BCUT2D eigenvalue weighted by atomic mass is 16.1. The van der Waals surface area contributed by atoms with Crippen LogP contribution >= 0.6 is 0 Å². The molecule has 0 unspecified atom stereocenters. The van der Waals surface area contributed by atoms with Crippen LogP contribution in [-0.4, -0.2) is 30.9 Å². The third kappa shape index (κ3) is 4.84. The van der Waals surface area contributed by atoms with Crippen molar-refractivity contribution in [2.45, 2.75) is 20.0 Å². The Morgan fingerprint density at radius 2 is 1.67 bits per heavy atom. The number of carbonyl (C=O) groups excluding carboxylic acids is 1. The fourth-order valence-corrected chi connectivity index (χ4v) is 2.39. The van der Waals surface area contributed by atoms with Crippen LogP contribution < -0.4 is 11.1 Å². The number of aryl methyl sites for hydroxylation is 1. The second-order valence-corrected chi connectivity index (χ2v) is 5.80. The van der Waals surface area contributed by atoms with E-state index < -0.39 is 5.91 Å². The van der Waals surface area contributed by atoms with Crippen LogP contribution in [0.3, 0.4) is 0 Å². The molecule has 0 aliphatic carbocycles. The van der Waals surface area contributed by atoms with Crippen LogP contribution in [0.4, 0.5) is 0 Å². The van der Waals surface area contributed by atoms with Crippen molar-refractivity contribution in [3.8, 4) is 0 Å². The molecule has 3 N–H and O–H groups in total. The summed E-state index contributed by atoms with van der Waals surface area (Å²) in [4.78, 5) is 17.5. The minimum absolute atomic E-state index is 0.414. The molecule has 5 nitrogen and oxygen atoms in total. The maximum absolute atomic E-state index is 11.1. The van der Waals surface area contributed by atoms with Gasteiger partial charge in [0.25, 0.3) is 0 Å². The highest BCUT2D eigenvalue weighted by Gasteiger charge is 2.07. The number of rotatable bonds is 5. The average Bonchev–Trinajstić information content (AvgIpc) is 2.58. The largest absolute Gasteiger partial charge is 0.366 e. The van der Waals surface area contributed by atoms with Crippen molar-refractivity contribution in [3.63, 3.8) is 0 Å². The number of guanidine groups is 1. The van der Waals surface area contributed by atoms with Gasteiger partial charge in [0.1, 0.15) is 0 Å². The van der Waals surface area contributed by atoms with E-state index in [1.165, 1.54) is 11.1 Å². The number of nitrogens with zero attached hydrogens (tertiary/aromatic N) is 2. The van der Waals surface area contributed by atoms with Crippen molar-refractivity contribution in [1.82, 2.24) is 10.2 Å². The van der Waals surface area contributed by atoms with Crippen LogP contribution in [0.25, 0.3) is 0 Å². The molecule has 0 heterocycles. The summed E-state index contributed by atoms with van der Waals surface area (Å²) in [6.07, 6.45) is 0. The summed E-state index contributed by atoms with van der Waals surface area (Å²) < 4.78 is 0. The molecule has 0 atom stereocenters. The van der Waals surface area contributed by atoms with Gasteiger partial charge in [0, 0.05) is 32.7 Å². The minimum atomic E-state index is -0.414. The van der Waals surface area contributed by atoms with E-state index in [2.05, 4.69) is 46.4 Å². The Balaban J connectivity index is 1.93. The SMILES string of the molecule is CN=C(NCc1ccc(C(N)=O)cc1)N(C)Cc1ccc(C)cc1. The van der Waals surface area contributed by atoms with E-state index in [9.17, 15) is 4.79 Å². The van der Waals surface area contributed by atoms with Crippen LogP contribution in [0.5, 0.6) is 0 Å². The molecule has 0 spiro atoms. The van der Waals surface area contributed by atoms with E-state index in [4.69, 9.17) is 5.73 Å². The van der Waals surface area contributed by atoms with Crippen LogP contribution in [-0.2, 0) is 13.1 Å². The fraction of sp³-hybridized carbons (Fsp3) is 0.263. The van der Waals surface area contributed by atoms with E-state index in [-0.39, 0.29) is 0 Å². The van der Waals surface area contributed by atoms with E-state index in [0.717, 1.165) is 18.1 Å². The van der Waals surface area contributed by atoms with Crippen molar-refractivity contribution < 1.29 is 4.79 Å². The summed E-state index contributed by atoms with van der Waals surface area (Å²) in [5.41, 5.74) is 9.31. The topological polar surface area (TPSA) is 70.7 Å². The molecule has 126 valence electrons. The number of aliphatic imine (C=N–C) groups is 1. The van der Waals surface area contributed by atoms with Crippen LogP contribution in [0.1, 0.15) is 27.0 Å². The van der Waals surface area contributed by atoms with Crippen molar-refractivity contribution in [2.24, 2.45) is 10.7 Å². The zero-order chi connectivity index (χ0) is 17.5. The van der Waals surface area contributed by atoms with Gasteiger partial charge in [0.2, 0.25) is 5.91 Å². The van der Waals surface area contributed by atoms with Crippen molar-refractivity contribution in [3.05, 3.63) is 70.8 Å². The standard InChI is InChI=1S/C19H24N4O/c1-14-4-6-16(7-5-14)13-23(3)19(21-2)22-12-15-8-10-17(11-9-15)18(20)24/h4-11H,12-13H2,1-3H3,(H2,20,24)(H,21,22). The smallest absolute Gasteiger partial charge is 0.248 e. The molecule has 1 amide bonds. The van der Waals surface area contributed by atoms with Gasteiger partial charge in [0.05, 0.1) is 0 Å². The second kappa shape index (κ2) is 8.15. The minimum Gasteiger partial charge on any atom is -0.366 e. The summed E-state index contributed by atoms with van der Waals surface area (Å²) in [5, 5.41) is 3.33. The van der Waals surface area contributed by atoms with Gasteiger partial charge < -0.3 is 16.0 Å². The molecule has 0 fully saturated rings. The van der Waals surface area contributed by atoms with Crippen molar-refractivity contribution >= 4 is 11.9 Å². The number of primary amides is 1. The predicted molar refractivity (Wildman–Crippen MR) is 97.8 cm³/mol. The molecule has 0 aliphatic rings. The van der Waals surface area contributed by atoms with Gasteiger partial charge in [-0.2, -0.15) is 0 Å². The van der Waals surface area contributed by atoms with Gasteiger partial charge in [-0.25, -0.2) is 0 Å². The first kappa shape index (κ1) is 17.5. The number of carbonyl (C=O) groups is 1. The van der Waals surface area contributed by atoms with Crippen molar-refractivity contribution in [2.75, 3.05) is 14.1 Å². The summed E-state index contributed by atoms with van der Waals surface area (Å²) >= 11 is 0. The molecule has 5 heteroatoms. The quantitative estimate of drug-likeness (QED) is 0.655. The highest BCUT2D eigenvalue weighted by molar-refractivity contribution is 5.92. The first-order chi connectivity index (χ1) is 11.5. The number of nitrogens with one attached hydrogen (secondary N) is 1. The second-order valence-electron chi connectivity index (χ2n) is 5.80. The van der Waals surface area contributed by atoms with Crippen LogP contribution in [0.2, 0.25) is 0 Å². The molecular weight excluding hydrogens is 300 g/mol. The van der Waals surface area contributed by atoms with E-state index in [0.29, 0.717) is 12.1 Å². The Morgan fingerprint density at radius 3 is 2.21 bits per heavy atom. The zero-order valence-electron chi connectivity index (χ0n) is 14.4. The highest BCUT2D eigenvalue weighted by Crippen LogP contribution is 2.07. The lowest BCUT2D eigenvalue weighted by Gasteiger charge is -2.22. The van der Waals surface area contributed by atoms with E-state index >= 15 is 0 Å². The molecule has 0 aliphatic heterocycles. The lowest BCUT2D eigenvalue weighted by atomic mass is 10.1. The van der Waals surface area contributed by atoms with Gasteiger partial charge in [0.15, 0.2) is 5.96 Å². The van der Waals surface area contributed by atoms with Gasteiger partial charge >= 0.3 is 0 Å². The Hall–Kier alpha value is -2.82. The molecule has 0 saturated heterocycles. The molecule has 24 heavy (non-hydrogen) atoms. The average molecular weight is 324 g/mol. The monoisotopic (exact) mass is 324 g/mol. The van der Waals surface area contributed by atoms with E-state index in [1.807, 2.05) is 19.2 Å². The molecule has 2 aromatic carbocycles. The predicted octanol–water partition coefficient (Wildman–Crippen LogP) is 2.30. The first-order valence-corrected chi connectivity index (χ1v) is 7.85. The number of amides is 1. The summed E-state index contributed by atoms with van der Waals surface area (Å²) in [7, 11) is 3.77. The normalized spacial score (nSPS) is 11.2. The lowest BCUT2D eigenvalue weighted by molar-refractivity contribution is 0.100. The maximum Gasteiger partial charge on any atom is 0.248 e. The number of nitrogens with two attached hydrogens (primary N) is 1. The molecule has 2 aromatic rings.